The van der Waals surface area contributed by atoms with Crippen molar-refractivity contribution in [3.63, 3.8) is 0 Å². The molecule has 1 aliphatic rings. The van der Waals surface area contributed by atoms with Gasteiger partial charge in [-0.05, 0) is 37.8 Å². The van der Waals surface area contributed by atoms with Crippen molar-refractivity contribution >= 4 is 5.97 Å². The molecule has 23 heavy (non-hydrogen) atoms. The maximum atomic E-state index is 12.3. The lowest BCUT2D eigenvalue weighted by atomic mass is 10.1. The summed E-state index contributed by atoms with van der Waals surface area (Å²) >= 11 is 0. The molecular formula is C18H24O5. The highest BCUT2D eigenvalue weighted by atomic mass is 16.6. The monoisotopic (exact) mass is 320 g/mol. The van der Waals surface area contributed by atoms with Crippen LogP contribution in [0.4, 0.5) is 0 Å². The third-order valence-electron chi connectivity index (χ3n) is 3.83. The highest BCUT2D eigenvalue weighted by Crippen LogP contribution is 2.33. The Labute approximate surface area is 137 Å². The van der Waals surface area contributed by atoms with E-state index in [1.165, 1.54) is 0 Å². The lowest BCUT2D eigenvalue weighted by Crippen LogP contribution is -2.26. The fraction of sp³-hybridized carbons (Fsp3) is 0.500. The molecule has 1 unspecified atom stereocenters. The summed E-state index contributed by atoms with van der Waals surface area (Å²) in [6.45, 7) is 4.75. The first-order valence-corrected chi connectivity index (χ1v) is 7.84. The normalized spacial score (nSPS) is 17.4. The van der Waals surface area contributed by atoms with Gasteiger partial charge in [-0.1, -0.05) is 6.08 Å². The number of methoxy groups -OCH3 is 2. The fourth-order valence-corrected chi connectivity index (χ4v) is 2.66. The Balaban J connectivity index is 2.11. The second kappa shape index (κ2) is 8.58. The van der Waals surface area contributed by atoms with Gasteiger partial charge in [-0.3, -0.25) is 0 Å². The predicted molar refractivity (Wildman–Crippen MR) is 87.3 cm³/mol. The van der Waals surface area contributed by atoms with E-state index >= 15 is 0 Å². The van der Waals surface area contributed by atoms with Crippen molar-refractivity contribution < 1.29 is 23.7 Å². The lowest BCUT2D eigenvalue weighted by Gasteiger charge is -2.22. The molecule has 1 aliphatic heterocycles. The molecule has 1 aromatic rings. The van der Waals surface area contributed by atoms with Gasteiger partial charge in [-0.2, -0.15) is 0 Å². The average molecular weight is 320 g/mol. The first-order chi connectivity index (χ1) is 11.2. The van der Waals surface area contributed by atoms with Crippen LogP contribution >= 0.6 is 0 Å². The number of hydrogen-bond donors (Lipinski definition) is 0. The summed E-state index contributed by atoms with van der Waals surface area (Å²) in [4.78, 5) is 12.3. The van der Waals surface area contributed by atoms with Gasteiger partial charge in [0.2, 0.25) is 0 Å². The molecule has 2 rings (SSSR count). The Morgan fingerprint density at radius 3 is 2.78 bits per heavy atom. The smallest absolute Gasteiger partial charge is 0.338 e. The average Bonchev–Trinajstić information content (AvgIpc) is 2.60. The van der Waals surface area contributed by atoms with Gasteiger partial charge in [0.05, 0.1) is 25.9 Å². The van der Waals surface area contributed by atoms with E-state index in [9.17, 15) is 4.79 Å². The molecule has 0 aromatic heterocycles. The molecule has 1 atom stereocenters. The Morgan fingerprint density at radius 2 is 2.17 bits per heavy atom. The van der Waals surface area contributed by atoms with E-state index in [0.29, 0.717) is 23.5 Å². The number of rotatable bonds is 7. The number of hydrogen-bond acceptors (Lipinski definition) is 5. The molecule has 0 spiro atoms. The maximum Gasteiger partial charge on any atom is 0.338 e. The largest absolute Gasteiger partial charge is 0.493 e. The van der Waals surface area contributed by atoms with E-state index in [2.05, 4.69) is 6.58 Å². The maximum absolute atomic E-state index is 12.3. The number of esters is 1. The molecule has 0 amide bonds. The fourth-order valence-electron chi connectivity index (χ4n) is 2.66. The third kappa shape index (κ3) is 4.48. The van der Waals surface area contributed by atoms with Crippen LogP contribution in [-0.4, -0.2) is 39.5 Å². The topological polar surface area (TPSA) is 54.0 Å². The van der Waals surface area contributed by atoms with E-state index in [4.69, 9.17) is 18.9 Å². The van der Waals surface area contributed by atoms with Crippen LogP contribution in [-0.2, 0) is 15.9 Å². The van der Waals surface area contributed by atoms with E-state index in [0.717, 1.165) is 31.4 Å². The van der Waals surface area contributed by atoms with Crippen LogP contribution in [0.2, 0.25) is 0 Å². The van der Waals surface area contributed by atoms with Crippen molar-refractivity contribution in [2.45, 2.75) is 31.8 Å². The molecule has 0 aliphatic carbocycles. The quantitative estimate of drug-likeness (QED) is 0.570. The van der Waals surface area contributed by atoms with Gasteiger partial charge in [0.25, 0.3) is 0 Å². The summed E-state index contributed by atoms with van der Waals surface area (Å²) in [6, 6.07) is 3.39. The highest BCUT2D eigenvalue weighted by Gasteiger charge is 2.19. The second-order valence-corrected chi connectivity index (χ2v) is 5.45. The van der Waals surface area contributed by atoms with E-state index in [-0.39, 0.29) is 18.7 Å². The van der Waals surface area contributed by atoms with Gasteiger partial charge in [0.1, 0.15) is 6.61 Å². The minimum Gasteiger partial charge on any atom is -0.493 e. The zero-order valence-electron chi connectivity index (χ0n) is 13.8. The zero-order valence-corrected chi connectivity index (χ0v) is 13.8. The molecule has 1 saturated heterocycles. The summed E-state index contributed by atoms with van der Waals surface area (Å²) in [5, 5.41) is 0. The predicted octanol–water partition coefficient (Wildman–Crippen LogP) is 3.16. The van der Waals surface area contributed by atoms with Crippen molar-refractivity contribution in [1.29, 1.82) is 0 Å². The number of benzene rings is 1. The van der Waals surface area contributed by atoms with E-state index in [1.54, 1.807) is 32.4 Å². The van der Waals surface area contributed by atoms with Crippen LogP contribution in [0.15, 0.2) is 24.8 Å². The molecule has 5 nitrogen and oxygen atoms in total. The van der Waals surface area contributed by atoms with Crippen molar-refractivity contribution in [2.75, 3.05) is 27.4 Å². The van der Waals surface area contributed by atoms with Crippen molar-refractivity contribution in [3.8, 4) is 11.5 Å². The van der Waals surface area contributed by atoms with Gasteiger partial charge in [-0.25, -0.2) is 4.79 Å². The Bertz CT molecular complexity index is 547. The summed E-state index contributed by atoms with van der Waals surface area (Å²) < 4.78 is 21.6. The first-order valence-electron chi connectivity index (χ1n) is 7.84. The van der Waals surface area contributed by atoms with Crippen LogP contribution in [0.1, 0.15) is 35.2 Å². The highest BCUT2D eigenvalue weighted by molar-refractivity contribution is 5.90. The molecule has 0 radical (unpaired) electrons. The Morgan fingerprint density at radius 1 is 1.35 bits per heavy atom. The van der Waals surface area contributed by atoms with Crippen LogP contribution in [0.25, 0.3) is 0 Å². The van der Waals surface area contributed by atoms with Gasteiger partial charge in [0, 0.05) is 12.2 Å². The number of ether oxygens (including phenoxy) is 4. The van der Waals surface area contributed by atoms with Crippen molar-refractivity contribution in [1.82, 2.24) is 0 Å². The van der Waals surface area contributed by atoms with Gasteiger partial charge in [0.15, 0.2) is 11.5 Å². The van der Waals surface area contributed by atoms with Gasteiger partial charge < -0.3 is 18.9 Å². The second-order valence-electron chi connectivity index (χ2n) is 5.45. The molecule has 0 bridgehead atoms. The number of carbonyl (C=O) groups is 1. The van der Waals surface area contributed by atoms with Crippen LogP contribution in [0.3, 0.4) is 0 Å². The number of carbonyl (C=O) groups excluding carboxylic acids is 1. The van der Waals surface area contributed by atoms with Gasteiger partial charge in [-0.15, -0.1) is 6.58 Å². The molecule has 0 saturated carbocycles. The van der Waals surface area contributed by atoms with Crippen molar-refractivity contribution in [3.05, 3.63) is 35.9 Å². The summed E-state index contributed by atoms with van der Waals surface area (Å²) in [6.07, 6.45) is 5.45. The molecular weight excluding hydrogens is 296 g/mol. The van der Waals surface area contributed by atoms with Crippen LogP contribution in [0, 0.1) is 0 Å². The zero-order chi connectivity index (χ0) is 16.7. The van der Waals surface area contributed by atoms with Crippen LogP contribution < -0.4 is 9.47 Å². The lowest BCUT2D eigenvalue weighted by molar-refractivity contribution is -0.0300. The Kier molecular flexibility index (Phi) is 6.47. The first kappa shape index (κ1) is 17.3. The molecule has 0 N–H and O–H groups in total. The molecule has 5 heteroatoms. The van der Waals surface area contributed by atoms with E-state index < -0.39 is 0 Å². The molecule has 126 valence electrons. The summed E-state index contributed by atoms with van der Waals surface area (Å²) in [7, 11) is 3.11. The van der Waals surface area contributed by atoms with Gasteiger partial charge >= 0.3 is 5.97 Å². The summed E-state index contributed by atoms with van der Waals surface area (Å²) in [5.41, 5.74) is 1.28. The third-order valence-corrected chi connectivity index (χ3v) is 3.83. The SMILES string of the molecule is C=CCc1cc(C(=O)OCC2CCCCO2)cc(OC)c1OC. The molecule has 1 aromatic carbocycles. The Hall–Kier alpha value is -2.01. The van der Waals surface area contributed by atoms with E-state index in [1.807, 2.05) is 0 Å². The molecule has 1 fully saturated rings. The summed E-state index contributed by atoms with van der Waals surface area (Å²) in [5.74, 6) is 0.734. The van der Waals surface area contributed by atoms with Crippen LogP contribution in [0.5, 0.6) is 11.5 Å². The van der Waals surface area contributed by atoms with Crippen molar-refractivity contribution in [2.24, 2.45) is 0 Å². The standard InChI is InChI=1S/C18H24O5/c1-4-7-13-10-14(11-16(20-2)17(13)21-3)18(19)23-12-15-8-5-6-9-22-15/h4,10-11,15H,1,5-9,12H2,2-3H3. The molecule has 1 heterocycles. The number of allylic oxidation sites excluding steroid dienone is 1. The minimum absolute atomic E-state index is 0.000453. The minimum atomic E-state index is -0.384.